The maximum absolute atomic E-state index is 12.3. The summed E-state index contributed by atoms with van der Waals surface area (Å²) < 4.78 is 38.5. The lowest BCUT2D eigenvalue weighted by molar-refractivity contribution is -0.111. The number of benzene rings is 2. The van der Waals surface area contributed by atoms with Crippen LogP contribution in [0.1, 0.15) is 5.56 Å². The van der Waals surface area contributed by atoms with E-state index in [0.717, 1.165) is 10.0 Å². The number of carbonyl (C=O) groups excluding carboxylic acids is 1. The van der Waals surface area contributed by atoms with Gasteiger partial charge >= 0.3 is 0 Å². The van der Waals surface area contributed by atoms with Crippen LogP contribution in [-0.2, 0) is 14.8 Å². The Balaban J connectivity index is 1.41. The number of rotatable bonds is 6. The molecule has 0 saturated carbocycles. The molecule has 0 aliphatic carbocycles. The predicted octanol–water partition coefficient (Wildman–Crippen LogP) is 4.09. The average molecular weight is 508 g/mol. The number of carbonyl (C=O) groups is 1. The molecule has 1 aliphatic heterocycles. The number of anilines is 2. The minimum absolute atomic E-state index is 0.0653. The van der Waals surface area contributed by atoms with E-state index >= 15 is 0 Å². The molecule has 0 fully saturated rings. The van der Waals surface area contributed by atoms with Gasteiger partial charge in [0.15, 0.2) is 16.6 Å². The molecule has 0 unspecified atom stereocenters. The number of nitrogens with one attached hydrogen (secondary N) is 2. The fourth-order valence-electron chi connectivity index (χ4n) is 2.58. The number of halogens is 1. The lowest BCUT2D eigenvalue weighted by Gasteiger charge is -2.07. The highest BCUT2D eigenvalue weighted by Gasteiger charge is 2.16. The molecule has 0 saturated heterocycles. The highest BCUT2D eigenvalue weighted by molar-refractivity contribution is 9.10. The lowest BCUT2D eigenvalue weighted by Crippen LogP contribution is -2.13. The topological polar surface area (TPSA) is 107 Å². The fourth-order valence-corrected chi connectivity index (χ4v) is 4.82. The van der Waals surface area contributed by atoms with Gasteiger partial charge in [-0.2, -0.15) is 0 Å². The summed E-state index contributed by atoms with van der Waals surface area (Å²) in [6.45, 7) is 0.167. The normalized spacial score (nSPS) is 12.8. The van der Waals surface area contributed by atoms with E-state index in [1.165, 1.54) is 47.9 Å². The zero-order valence-corrected chi connectivity index (χ0v) is 18.4. The van der Waals surface area contributed by atoms with Gasteiger partial charge in [0.2, 0.25) is 12.7 Å². The summed E-state index contributed by atoms with van der Waals surface area (Å²) in [6, 6.07) is 9.38. The van der Waals surface area contributed by atoms with Crippen molar-refractivity contribution in [1.29, 1.82) is 0 Å². The third kappa shape index (κ3) is 4.64. The van der Waals surface area contributed by atoms with E-state index in [-0.39, 0.29) is 22.7 Å². The van der Waals surface area contributed by atoms with Gasteiger partial charge in [0.05, 0.1) is 4.90 Å². The molecule has 0 bridgehead atoms. The van der Waals surface area contributed by atoms with Crippen LogP contribution in [0, 0.1) is 0 Å². The first kappa shape index (κ1) is 20.4. The Labute approximate surface area is 184 Å². The molecule has 8 nitrogen and oxygen atoms in total. The number of thiazole rings is 1. The molecular formula is C19H14BrN3O5S2. The summed E-state index contributed by atoms with van der Waals surface area (Å²) in [6.07, 6.45) is 4.52. The Morgan fingerprint density at radius 1 is 1.17 bits per heavy atom. The first-order valence-corrected chi connectivity index (χ1v) is 11.7. The standard InChI is InChI=1S/C19H14BrN3O5S2/c20-15-10-17-16(27-11-28-17)9-12(15)1-6-18(24)22-13-2-4-14(5-3-13)30(25,26)23-19-21-7-8-29-19/h1-10H,11H2,(H,21,23)(H,22,24)/b6-1+. The summed E-state index contributed by atoms with van der Waals surface area (Å²) in [5.74, 6) is 0.889. The Hall–Kier alpha value is -2.89. The van der Waals surface area contributed by atoms with Crippen molar-refractivity contribution < 1.29 is 22.7 Å². The minimum Gasteiger partial charge on any atom is -0.454 e. The third-order valence-corrected chi connectivity index (χ3v) is 6.85. The number of sulfonamides is 1. The summed E-state index contributed by atoms with van der Waals surface area (Å²) in [7, 11) is -3.74. The van der Waals surface area contributed by atoms with E-state index in [1.807, 2.05) is 0 Å². The Morgan fingerprint density at radius 2 is 1.90 bits per heavy atom. The van der Waals surface area contributed by atoms with E-state index in [9.17, 15) is 13.2 Å². The van der Waals surface area contributed by atoms with Crippen LogP contribution in [0.15, 0.2) is 63.4 Å². The molecule has 4 rings (SSSR count). The summed E-state index contributed by atoms with van der Waals surface area (Å²) in [4.78, 5) is 16.2. The van der Waals surface area contributed by atoms with Crippen LogP contribution in [-0.4, -0.2) is 26.1 Å². The average Bonchev–Trinajstić information content (AvgIpc) is 3.37. The monoisotopic (exact) mass is 507 g/mol. The molecule has 154 valence electrons. The van der Waals surface area contributed by atoms with Gasteiger partial charge in [0, 0.05) is 27.8 Å². The molecule has 1 aliphatic rings. The van der Waals surface area contributed by atoms with Gasteiger partial charge in [-0.3, -0.25) is 9.52 Å². The number of hydrogen-bond acceptors (Lipinski definition) is 7. The highest BCUT2D eigenvalue weighted by Crippen LogP contribution is 2.37. The van der Waals surface area contributed by atoms with Crippen LogP contribution in [0.2, 0.25) is 0 Å². The number of amides is 1. The highest BCUT2D eigenvalue weighted by atomic mass is 79.9. The lowest BCUT2D eigenvalue weighted by atomic mass is 10.2. The quantitative estimate of drug-likeness (QED) is 0.486. The zero-order chi connectivity index (χ0) is 21.1. The van der Waals surface area contributed by atoms with Crippen LogP contribution in [0.25, 0.3) is 6.08 Å². The van der Waals surface area contributed by atoms with Crippen LogP contribution < -0.4 is 19.5 Å². The second kappa shape index (κ2) is 8.46. The minimum atomic E-state index is -3.74. The van der Waals surface area contributed by atoms with Crippen molar-refractivity contribution in [3.05, 3.63) is 64.1 Å². The van der Waals surface area contributed by atoms with Gasteiger partial charge in [-0.05, 0) is 48.0 Å². The van der Waals surface area contributed by atoms with Gasteiger partial charge in [-0.15, -0.1) is 11.3 Å². The van der Waals surface area contributed by atoms with E-state index in [0.29, 0.717) is 17.2 Å². The Morgan fingerprint density at radius 3 is 2.60 bits per heavy atom. The van der Waals surface area contributed by atoms with Crippen LogP contribution in [0.4, 0.5) is 10.8 Å². The summed E-state index contributed by atoms with van der Waals surface area (Å²) >= 11 is 4.61. The van der Waals surface area contributed by atoms with Gasteiger partial charge < -0.3 is 14.8 Å². The van der Waals surface area contributed by atoms with Crippen molar-refractivity contribution in [3.8, 4) is 11.5 Å². The number of nitrogens with zero attached hydrogens (tertiary/aromatic N) is 1. The van der Waals surface area contributed by atoms with Crippen LogP contribution >= 0.6 is 27.3 Å². The number of hydrogen-bond donors (Lipinski definition) is 2. The first-order valence-electron chi connectivity index (χ1n) is 8.51. The molecule has 2 N–H and O–H groups in total. The van der Waals surface area contributed by atoms with E-state index in [1.54, 1.807) is 23.6 Å². The first-order chi connectivity index (χ1) is 14.4. The molecule has 2 heterocycles. The molecule has 11 heteroatoms. The molecule has 0 spiro atoms. The van der Waals surface area contributed by atoms with E-state index in [4.69, 9.17) is 9.47 Å². The largest absolute Gasteiger partial charge is 0.454 e. The molecule has 3 aromatic rings. The molecule has 1 amide bonds. The van der Waals surface area contributed by atoms with E-state index < -0.39 is 10.0 Å². The second-order valence-corrected chi connectivity index (χ2v) is 9.45. The molecular weight excluding hydrogens is 494 g/mol. The van der Waals surface area contributed by atoms with Gasteiger partial charge in [0.1, 0.15) is 0 Å². The van der Waals surface area contributed by atoms with Crippen LogP contribution in [0.3, 0.4) is 0 Å². The SMILES string of the molecule is O=C(/C=C/c1cc2c(cc1Br)OCO2)Nc1ccc(S(=O)(=O)Nc2nccs2)cc1. The maximum atomic E-state index is 12.3. The van der Waals surface area contributed by atoms with Crippen molar-refractivity contribution >= 4 is 60.1 Å². The molecule has 2 aromatic carbocycles. The summed E-state index contributed by atoms with van der Waals surface area (Å²) in [5.41, 5.74) is 1.21. The number of aromatic nitrogens is 1. The fraction of sp³-hybridized carbons (Fsp3) is 0.0526. The Bertz CT molecular complexity index is 1210. The van der Waals surface area contributed by atoms with Crippen molar-refractivity contribution in [3.63, 3.8) is 0 Å². The molecule has 0 radical (unpaired) electrons. The smallest absolute Gasteiger partial charge is 0.263 e. The number of fused-ring (bicyclic) bond motifs is 1. The van der Waals surface area contributed by atoms with Gasteiger partial charge in [-0.1, -0.05) is 15.9 Å². The van der Waals surface area contributed by atoms with Crippen molar-refractivity contribution in [2.45, 2.75) is 4.90 Å². The number of ether oxygens (including phenoxy) is 2. The molecule has 30 heavy (non-hydrogen) atoms. The van der Waals surface area contributed by atoms with Gasteiger partial charge in [-0.25, -0.2) is 13.4 Å². The van der Waals surface area contributed by atoms with Gasteiger partial charge in [0.25, 0.3) is 10.0 Å². The second-order valence-electron chi connectivity index (χ2n) is 6.02. The predicted molar refractivity (Wildman–Crippen MR) is 117 cm³/mol. The maximum Gasteiger partial charge on any atom is 0.263 e. The van der Waals surface area contributed by atoms with Crippen molar-refractivity contribution in [2.24, 2.45) is 0 Å². The zero-order valence-electron chi connectivity index (χ0n) is 15.2. The molecule has 1 aromatic heterocycles. The van der Waals surface area contributed by atoms with Crippen molar-refractivity contribution in [2.75, 3.05) is 16.8 Å². The van der Waals surface area contributed by atoms with E-state index in [2.05, 4.69) is 31.0 Å². The molecule has 0 atom stereocenters. The summed E-state index contributed by atoms with van der Waals surface area (Å²) in [5, 5.41) is 4.64. The van der Waals surface area contributed by atoms with Crippen LogP contribution in [0.5, 0.6) is 11.5 Å². The Kier molecular flexibility index (Phi) is 5.75. The third-order valence-electron chi connectivity index (χ3n) is 3.99. The van der Waals surface area contributed by atoms with Crippen molar-refractivity contribution in [1.82, 2.24) is 4.98 Å².